The molecule has 1 heterocycles. The summed E-state index contributed by atoms with van der Waals surface area (Å²) in [5, 5.41) is 2.79. The first-order valence-electron chi connectivity index (χ1n) is 5.64. The van der Waals surface area contributed by atoms with Crippen LogP contribution in [0.25, 0.3) is 0 Å². The SMILES string of the molecule is CC1(C)C(=O)NCCN1c1cc(Cl)c(F)cc1N. The average Bonchev–Trinajstić information content (AvgIpc) is 2.28. The van der Waals surface area contributed by atoms with E-state index in [1.165, 1.54) is 12.1 Å². The number of piperazine rings is 1. The van der Waals surface area contributed by atoms with Crippen LogP contribution >= 0.6 is 11.6 Å². The minimum atomic E-state index is -0.743. The van der Waals surface area contributed by atoms with Gasteiger partial charge in [0, 0.05) is 19.2 Å². The second-order valence-electron chi connectivity index (χ2n) is 4.79. The maximum absolute atomic E-state index is 13.3. The van der Waals surface area contributed by atoms with Crippen molar-refractivity contribution in [2.24, 2.45) is 0 Å². The number of carbonyl (C=O) groups excluding carboxylic acids is 1. The lowest BCUT2D eigenvalue weighted by Crippen LogP contribution is -2.62. The van der Waals surface area contributed by atoms with Gasteiger partial charge in [-0.2, -0.15) is 0 Å². The number of nitrogens with zero attached hydrogens (tertiary/aromatic N) is 1. The molecule has 1 amide bonds. The number of halogens is 2. The third-order valence-electron chi connectivity index (χ3n) is 3.21. The highest BCUT2D eigenvalue weighted by Gasteiger charge is 2.38. The second-order valence-corrected chi connectivity index (χ2v) is 5.20. The van der Waals surface area contributed by atoms with Crippen LogP contribution in [0.4, 0.5) is 15.8 Å². The van der Waals surface area contributed by atoms with Crippen molar-refractivity contribution in [2.75, 3.05) is 23.7 Å². The molecule has 0 aliphatic carbocycles. The van der Waals surface area contributed by atoms with Gasteiger partial charge in [0.25, 0.3) is 0 Å². The van der Waals surface area contributed by atoms with Gasteiger partial charge in [0.05, 0.1) is 16.4 Å². The average molecular weight is 272 g/mol. The van der Waals surface area contributed by atoms with Gasteiger partial charge < -0.3 is 16.0 Å². The molecule has 0 spiro atoms. The standard InChI is InChI=1S/C12H15ClFN3O/c1-12(2)11(18)16-3-4-17(12)10-5-7(13)8(14)6-9(10)15/h5-6H,3-4,15H2,1-2H3,(H,16,18). The zero-order chi connectivity index (χ0) is 13.5. The van der Waals surface area contributed by atoms with E-state index in [4.69, 9.17) is 17.3 Å². The first-order chi connectivity index (χ1) is 8.34. The Hall–Kier alpha value is -1.49. The van der Waals surface area contributed by atoms with Gasteiger partial charge in [-0.3, -0.25) is 4.79 Å². The molecule has 1 aromatic rings. The second kappa shape index (κ2) is 4.31. The van der Waals surface area contributed by atoms with Crippen LogP contribution in [-0.4, -0.2) is 24.5 Å². The van der Waals surface area contributed by atoms with Gasteiger partial charge in [-0.25, -0.2) is 4.39 Å². The Kier molecular flexibility index (Phi) is 3.11. The summed E-state index contributed by atoms with van der Waals surface area (Å²) in [5.41, 5.74) is 5.94. The number of nitrogens with two attached hydrogens (primary N) is 1. The van der Waals surface area contributed by atoms with Crippen molar-refractivity contribution in [3.63, 3.8) is 0 Å². The zero-order valence-corrected chi connectivity index (χ0v) is 11.0. The number of hydrogen-bond donors (Lipinski definition) is 2. The molecule has 0 aromatic heterocycles. The fourth-order valence-corrected chi connectivity index (χ4v) is 2.26. The van der Waals surface area contributed by atoms with E-state index in [1.807, 2.05) is 4.90 Å². The van der Waals surface area contributed by atoms with Crippen LogP contribution in [0.15, 0.2) is 12.1 Å². The number of nitrogen functional groups attached to an aromatic ring is 1. The first kappa shape index (κ1) is 13.0. The molecule has 2 rings (SSSR count). The minimum Gasteiger partial charge on any atom is -0.397 e. The van der Waals surface area contributed by atoms with Crippen LogP contribution in [-0.2, 0) is 4.79 Å². The highest BCUT2D eigenvalue weighted by molar-refractivity contribution is 6.31. The Labute approximate surface area is 110 Å². The van der Waals surface area contributed by atoms with E-state index in [0.717, 1.165) is 0 Å². The summed E-state index contributed by atoms with van der Waals surface area (Å²) >= 11 is 5.78. The van der Waals surface area contributed by atoms with Crippen LogP contribution in [0.2, 0.25) is 5.02 Å². The molecule has 0 saturated carbocycles. The normalized spacial score (nSPS) is 18.7. The van der Waals surface area contributed by atoms with Crippen molar-refractivity contribution in [1.29, 1.82) is 0 Å². The van der Waals surface area contributed by atoms with Crippen molar-refractivity contribution in [3.8, 4) is 0 Å². The van der Waals surface area contributed by atoms with Crippen molar-refractivity contribution in [2.45, 2.75) is 19.4 Å². The van der Waals surface area contributed by atoms with E-state index in [9.17, 15) is 9.18 Å². The summed E-state index contributed by atoms with van der Waals surface area (Å²) in [4.78, 5) is 13.7. The molecule has 1 aromatic carbocycles. The largest absolute Gasteiger partial charge is 0.397 e. The zero-order valence-electron chi connectivity index (χ0n) is 10.3. The molecule has 0 atom stereocenters. The lowest BCUT2D eigenvalue weighted by Gasteiger charge is -2.43. The highest BCUT2D eigenvalue weighted by Crippen LogP contribution is 2.34. The lowest BCUT2D eigenvalue weighted by atomic mass is 9.97. The van der Waals surface area contributed by atoms with Gasteiger partial charge in [0.15, 0.2) is 0 Å². The van der Waals surface area contributed by atoms with E-state index >= 15 is 0 Å². The summed E-state index contributed by atoms with van der Waals surface area (Å²) in [5.74, 6) is -0.647. The quantitative estimate of drug-likeness (QED) is 0.766. The molecule has 0 unspecified atom stereocenters. The molecule has 1 saturated heterocycles. The number of nitrogens with one attached hydrogen (secondary N) is 1. The Morgan fingerprint density at radius 3 is 2.83 bits per heavy atom. The molecule has 1 fully saturated rings. The lowest BCUT2D eigenvalue weighted by molar-refractivity contribution is -0.126. The Morgan fingerprint density at radius 1 is 1.50 bits per heavy atom. The molecular weight excluding hydrogens is 257 g/mol. The molecule has 98 valence electrons. The van der Waals surface area contributed by atoms with Gasteiger partial charge in [-0.1, -0.05) is 11.6 Å². The fourth-order valence-electron chi connectivity index (χ4n) is 2.11. The fraction of sp³-hybridized carbons (Fsp3) is 0.417. The van der Waals surface area contributed by atoms with Gasteiger partial charge >= 0.3 is 0 Å². The van der Waals surface area contributed by atoms with Gasteiger partial charge in [-0.15, -0.1) is 0 Å². The number of carbonyl (C=O) groups is 1. The molecule has 0 bridgehead atoms. The summed E-state index contributed by atoms with van der Waals surface area (Å²) < 4.78 is 13.3. The summed E-state index contributed by atoms with van der Waals surface area (Å²) in [6.07, 6.45) is 0. The van der Waals surface area contributed by atoms with Gasteiger partial charge in [0.1, 0.15) is 11.4 Å². The number of benzene rings is 1. The van der Waals surface area contributed by atoms with Crippen LogP contribution < -0.4 is 16.0 Å². The molecule has 4 nitrogen and oxygen atoms in total. The molecule has 6 heteroatoms. The summed E-state index contributed by atoms with van der Waals surface area (Å²) in [6.45, 7) is 4.71. The van der Waals surface area contributed by atoms with Crippen molar-refractivity contribution < 1.29 is 9.18 Å². The molecule has 18 heavy (non-hydrogen) atoms. The molecule has 1 aliphatic rings. The van der Waals surface area contributed by atoms with E-state index in [1.54, 1.807) is 13.8 Å². The molecule has 1 aliphatic heterocycles. The van der Waals surface area contributed by atoms with Crippen molar-refractivity contribution >= 4 is 28.9 Å². The first-order valence-corrected chi connectivity index (χ1v) is 6.02. The predicted octanol–water partition coefficient (Wildman–Crippen LogP) is 1.78. The monoisotopic (exact) mass is 271 g/mol. The number of rotatable bonds is 1. The van der Waals surface area contributed by atoms with Gasteiger partial charge in [0.2, 0.25) is 5.91 Å². The number of amides is 1. The number of hydrogen-bond acceptors (Lipinski definition) is 3. The molecule has 3 N–H and O–H groups in total. The third-order valence-corrected chi connectivity index (χ3v) is 3.50. The Morgan fingerprint density at radius 2 is 2.17 bits per heavy atom. The van der Waals surface area contributed by atoms with Crippen molar-refractivity contribution in [1.82, 2.24) is 5.32 Å². The molecule has 0 radical (unpaired) electrons. The minimum absolute atomic E-state index is 0.000909. The van der Waals surface area contributed by atoms with Gasteiger partial charge in [-0.05, 0) is 19.9 Å². The summed E-state index contributed by atoms with van der Waals surface area (Å²) in [6, 6.07) is 2.65. The van der Waals surface area contributed by atoms with Crippen LogP contribution in [0.5, 0.6) is 0 Å². The van der Waals surface area contributed by atoms with E-state index < -0.39 is 11.4 Å². The predicted molar refractivity (Wildman–Crippen MR) is 70.3 cm³/mol. The van der Waals surface area contributed by atoms with Crippen LogP contribution in [0.1, 0.15) is 13.8 Å². The summed E-state index contributed by atoms with van der Waals surface area (Å²) in [7, 11) is 0. The van der Waals surface area contributed by atoms with E-state index in [-0.39, 0.29) is 16.6 Å². The number of anilines is 2. The smallest absolute Gasteiger partial charge is 0.245 e. The van der Waals surface area contributed by atoms with E-state index in [2.05, 4.69) is 5.32 Å². The topological polar surface area (TPSA) is 58.4 Å². The van der Waals surface area contributed by atoms with Crippen LogP contribution in [0, 0.1) is 5.82 Å². The maximum Gasteiger partial charge on any atom is 0.245 e. The highest BCUT2D eigenvalue weighted by atomic mass is 35.5. The maximum atomic E-state index is 13.3. The van der Waals surface area contributed by atoms with Crippen LogP contribution in [0.3, 0.4) is 0 Å². The Balaban J connectivity index is 2.48. The van der Waals surface area contributed by atoms with E-state index in [0.29, 0.717) is 18.8 Å². The Bertz CT molecular complexity index is 504. The third kappa shape index (κ3) is 1.99. The molecular formula is C12H15ClFN3O. The van der Waals surface area contributed by atoms with Crippen molar-refractivity contribution in [3.05, 3.63) is 23.0 Å².